The van der Waals surface area contributed by atoms with E-state index in [2.05, 4.69) is 10.0 Å². The Morgan fingerprint density at radius 1 is 1.23 bits per heavy atom. The summed E-state index contributed by atoms with van der Waals surface area (Å²) in [6.45, 7) is 4.08. The van der Waals surface area contributed by atoms with Gasteiger partial charge in [0.2, 0.25) is 10.0 Å². The summed E-state index contributed by atoms with van der Waals surface area (Å²) in [7, 11) is -3.41. The maximum Gasteiger partial charge on any atom is 0.253 e. The molecule has 0 bridgehead atoms. The number of amides is 1. The normalized spacial score (nSPS) is 12.3. The molecule has 2 rings (SSSR count). The third-order valence-electron chi connectivity index (χ3n) is 3.48. The van der Waals surface area contributed by atoms with Crippen LogP contribution in [-0.4, -0.2) is 33.2 Å². The van der Waals surface area contributed by atoms with Gasteiger partial charge in [-0.1, -0.05) is 29.8 Å². The molecule has 0 radical (unpaired) electrons. The fraction of sp³-hybridized carbons (Fsp3) is 0.278. The Morgan fingerprint density at radius 3 is 2.54 bits per heavy atom. The summed E-state index contributed by atoms with van der Waals surface area (Å²) in [5.74, 6) is 0.407. The van der Waals surface area contributed by atoms with Crippen molar-refractivity contribution in [3.05, 3.63) is 58.6 Å². The fourth-order valence-corrected chi connectivity index (χ4v) is 3.07. The minimum atomic E-state index is -3.41. The van der Waals surface area contributed by atoms with Gasteiger partial charge in [0.05, 0.1) is 22.9 Å². The number of sulfonamides is 1. The SMILES string of the molecule is Cc1ccccc1OC[C@H](C)NC(=O)c1ccc(NS(C)(=O)=O)cc1Cl. The summed E-state index contributed by atoms with van der Waals surface area (Å²) in [4.78, 5) is 12.4. The molecule has 0 fully saturated rings. The zero-order valence-electron chi connectivity index (χ0n) is 14.7. The lowest BCUT2D eigenvalue weighted by Crippen LogP contribution is -2.37. The van der Waals surface area contributed by atoms with Crippen molar-refractivity contribution < 1.29 is 17.9 Å². The van der Waals surface area contributed by atoms with Crippen molar-refractivity contribution in [3.63, 3.8) is 0 Å². The van der Waals surface area contributed by atoms with Crippen molar-refractivity contribution in [1.82, 2.24) is 5.32 Å². The molecule has 0 saturated carbocycles. The van der Waals surface area contributed by atoms with Crippen LogP contribution in [0.3, 0.4) is 0 Å². The molecule has 26 heavy (non-hydrogen) atoms. The van der Waals surface area contributed by atoms with Crippen LogP contribution in [0, 0.1) is 6.92 Å². The Labute approximate surface area is 158 Å². The second-order valence-electron chi connectivity index (χ2n) is 6.02. The van der Waals surface area contributed by atoms with Gasteiger partial charge in [-0.3, -0.25) is 9.52 Å². The number of aryl methyl sites for hydroxylation is 1. The van der Waals surface area contributed by atoms with Crippen molar-refractivity contribution in [1.29, 1.82) is 0 Å². The van der Waals surface area contributed by atoms with Crippen molar-refractivity contribution in [3.8, 4) is 5.75 Å². The highest BCUT2D eigenvalue weighted by Gasteiger charge is 2.15. The van der Waals surface area contributed by atoms with Crippen LogP contribution in [0.25, 0.3) is 0 Å². The van der Waals surface area contributed by atoms with Crippen LogP contribution in [0.15, 0.2) is 42.5 Å². The van der Waals surface area contributed by atoms with Gasteiger partial charge in [-0.15, -0.1) is 0 Å². The lowest BCUT2D eigenvalue weighted by Gasteiger charge is -2.17. The number of carbonyl (C=O) groups excluding carboxylic acids is 1. The summed E-state index contributed by atoms with van der Waals surface area (Å²) in [5.41, 5.74) is 1.57. The molecule has 2 N–H and O–H groups in total. The third-order valence-corrected chi connectivity index (χ3v) is 4.40. The number of ether oxygens (including phenoxy) is 1. The average molecular weight is 397 g/mol. The van der Waals surface area contributed by atoms with Crippen LogP contribution < -0.4 is 14.8 Å². The smallest absolute Gasteiger partial charge is 0.253 e. The predicted octanol–water partition coefficient (Wildman–Crippen LogP) is 3.22. The van der Waals surface area contributed by atoms with E-state index in [-0.39, 0.29) is 22.5 Å². The molecule has 1 atom stereocenters. The van der Waals surface area contributed by atoms with E-state index in [4.69, 9.17) is 16.3 Å². The zero-order chi connectivity index (χ0) is 19.3. The molecule has 0 aromatic heterocycles. The predicted molar refractivity (Wildman–Crippen MR) is 104 cm³/mol. The molecule has 2 aromatic carbocycles. The number of carbonyl (C=O) groups is 1. The van der Waals surface area contributed by atoms with Gasteiger partial charge in [-0.25, -0.2) is 8.42 Å². The Morgan fingerprint density at radius 2 is 1.92 bits per heavy atom. The second-order valence-corrected chi connectivity index (χ2v) is 8.18. The van der Waals surface area contributed by atoms with Crippen molar-refractivity contribution in [2.45, 2.75) is 19.9 Å². The molecule has 8 heteroatoms. The van der Waals surface area contributed by atoms with E-state index in [1.165, 1.54) is 18.2 Å². The first-order valence-corrected chi connectivity index (χ1v) is 10.2. The Kier molecular flexibility index (Phi) is 6.50. The van der Waals surface area contributed by atoms with Gasteiger partial charge in [0.25, 0.3) is 5.91 Å². The number of para-hydroxylation sites is 1. The van der Waals surface area contributed by atoms with Gasteiger partial charge in [0.1, 0.15) is 12.4 Å². The summed E-state index contributed by atoms with van der Waals surface area (Å²) in [5, 5.41) is 2.96. The summed E-state index contributed by atoms with van der Waals surface area (Å²) in [6, 6.07) is 11.7. The molecular formula is C18H21ClN2O4S. The largest absolute Gasteiger partial charge is 0.491 e. The second kappa shape index (κ2) is 8.42. The van der Waals surface area contributed by atoms with Crippen molar-refractivity contribution in [2.75, 3.05) is 17.6 Å². The lowest BCUT2D eigenvalue weighted by atomic mass is 10.2. The van der Waals surface area contributed by atoms with Crippen molar-refractivity contribution >= 4 is 33.2 Å². The number of nitrogens with one attached hydrogen (secondary N) is 2. The first-order valence-electron chi connectivity index (χ1n) is 7.92. The van der Waals surface area contributed by atoms with E-state index >= 15 is 0 Å². The summed E-state index contributed by atoms with van der Waals surface area (Å²) in [6.07, 6.45) is 1.04. The molecule has 0 aliphatic rings. The van der Waals surface area contributed by atoms with Gasteiger partial charge in [-0.2, -0.15) is 0 Å². The number of anilines is 1. The number of hydrogen-bond donors (Lipinski definition) is 2. The highest BCUT2D eigenvalue weighted by atomic mass is 35.5. The summed E-state index contributed by atoms with van der Waals surface area (Å²) < 4.78 is 30.5. The monoisotopic (exact) mass is 396 g/mol. The van der Waals surface area contributed by atoms with E-state index in [0.29, 0.717) is 12.3 Å². The van der Waals surface area contributed by atoms with Crippen LogP contribution in [0.1, 0.15) is 22.8 Å². The zero-order valence-corrected chi connectivity index (χ0v) is 16.3. The van der Waals surface area contributed by atoms with E-state index in [1.54, 1.807) is 0 Å². The molecule has 2 aromatic rings. The van der Waals surface area contributed by atoms with Crippen LogP contribution in [0.2, 0.25) is 5.02 Å². The van der Waals surface area contributed by atoms with E-state index in [0.717, 1.165) is 17.6 Å². The molecule has 6 nitrogen and oxygen atoms in total. The molecule has 140 valence electrons. The average Bonchev–Trinajstić information content (AvgIpc) is 2.52. The molecule has 0 unspecified atom stereocenters. The van der Waals surface area contributed by atoms with E-state index < -0.39 is 10.0 Å². The van der Waals surface area contributed by atoms with E-state index in [9.17, 15) is 13.2 Å². The molecule has 1 amide bonds. The van der Waals surface area contributed by atoms with Crippen LogP contribution in [-0.2, 0) is 10.0 Å². The third kappa shape index (κ3) is 5.93. The van der Waals surface area contributed by atoms with Crippen LogP contribution in [0.4, 0.5) is 5.69 Å². The maximum absolute atomic E-state index is 12.4. The van der Waals surface area contributed by atoms with Crippen molar-refractivity contribution in [2.24, 2.45) is 0 Å². The van der Waals surface area contributed by atoms with Crippen LogP contribution >= 0.6 is 11.6 Å². The van der Waals surface area contributed by atoms with Gasteiger partial charge in [-0.05, 0) is 43.7 Å². The molecule has 0 heterocycles. The molecule has 0 spiro atoms. The standard InChI is InChI=1S/C18H21ClN2O4S/c1-12-6-4-5-7-17(12)25-11-13(2)20-18(22)15-9-8-14(10-16(15)19)21-26(3,23)24/h4-10,13,21H,11H2,1-3H3,(H,20,22)/t13-/m0/s1. The lowest BCUT2D eigenvalue weighted by molar-refractivity contribution is 0.0927. The van der Waals surface area contributed by atoms with E-state index in [1.807, 2.05) is 38.1 Å². The number of halogens is 1. The Bertz CT molecular complexity index is 900. The van der Waals surface area contributed by atoms with Gasteiger partial charge >= 0.3 is 0 Å². The summed E-state index contributed by atoms with van der Waals surface area (Å²) >= 11 is 6.10. The fourth-order valence-electron chi connectivity index (χ4n) is 2.25. The van der Waals surface area contributed by atoms with Gasteiger partial charge in [0.15, 0.2) is 0 Å². The van der Waals surface area contributed by atoms with Gasteiger partial charge in [0, 0.05) is 5.69 Å². The minimum absolute atomic E-state index is 0.156. The molecule has 0 saturated heterocycles. The molecular weight excluding hydrogens is 376 g/mol. The highest BCUT2D eigenvalue weighted by Crippen LogP contribution is 2.22. The quantitative estimate of drug-likeness (QED) is 0.752. The maximum atomic E-state index is 12.4. The highest BCUT2D eigenvalue weighted by molar-refractivity contribution is 7.92. The van der Waals surface area contributed by atoms with Crippen LogP contribution in [0.5, 0.6) is 5.75 Å². The minimum Gasteiger partial charge on any atom is -0.491 e. The number of rotatable bonds is 7. The topological polar surface area (TPSA) is 84.5 Å². The molecule has 0 aliphatic heterocycles. The first-order chi connectivity index (χ1) is 12.2. The molecule has 0 aliphatic carbocycles. The number of hydrogen-bond acceptors (Lipinski definition) is 4. The van der Waals surface area contributed by atoms with Gasteiger partial charge < -0.3 is 10.1 Å². The Hall–Kier alpha value is -2.25. The Balaban J connectivity index is 1.97. The number of benzene rings is 2. The first kappa shape index (κ1) is 20.1.